The van der Waals surface area contributed by atoms with E-state index in [1.54, 1.807) is 6.92 Å². The molecule has 3 rings (SSSR count). The Bertz CT molecular complexity index is 679. The van der Waals surface area contributed by atoms with Crippen molar-refractivity contribution >= 4 is 5.97 Å². The highest BCUT2D eigenvalue weighted by Gasteiger charge is 2.82. The predicted molar refractivity (Wildman–Crippen MR) is 84.2 cm³/mol. The van der Waals surface area contributed by atoms with Gasteiger partial charge in [0.25, 0.3) is 0 Å². The molecule has 3 heteroatoms. The van der Waals surface area contributed by atoms with Gasteiger partial charge in [0.15, 0.2) is 0 Å². The normalized spacial score (nSPS) is 21.6. The molecule has 0 aliphatic heterocycles. The zero-order chi connectivity index (χ0) is 15.6. The molecule has 0 radical (unpaired) electrons. The first-order valence-corrected chi connectivity index (χ1v) is 7.38. The molecule has 1 aliphatic carbocycles. The molecule has 1 atom stereocenters. The van der Waals surface area contributed by atoms with E-state index in [2.05, 4.69) is 4.85 Å². The van der Waals surface area contributed by atoms with Crippen LogP contribution in [-0.4, -0.2) is 18.1 Å². The van der Waals surface area contributed by atoms with Crippen LogP contribution in [0.5, 0.6) is 0 Å². The molecule has 0 amide bonds. The molecular weight excluding hydrogens is 274 g/mol. The lowest BCUT2D eigenvalue weighted by Gasteiger charge is -2.18. The first-order valence-electron chi connectivity index (χ1n) is 7.38. The Morgan fingerprint density at radius 3 is 2.00 bits per heavy atom. The lowest BCUT2D eigenvalue weighted by atomic mass is 9.83. The van der Waals surface area contributed by atoms with Gasteiger partial charge in [-0.05, 0) is 18.1 Å². The first kappa shape index (κ1) is 14.3. The molecule has 0 saturated heterocycles. The summed E-state index contributed by atoms with van der Waals surface area (Å²) in [5.74, 6) is -0.419. The molecule has 2 aromatic rings. The Morgan fingerprint density at radius 2 is 1.59 bits per heavy atom. The molecule has 3 nitrogen and oxygen atoms in total. The van der Waals surface area contributed by atoms with Crippen molar-refractivity contribution < 1.29 is 9.53 Å². The van der Waals surface area contributed by atoms with Gasteiger partial charge in [0.1, 0.15) is 5.41 Å². The molecule has 22 heavy (non-hydrogen) atoms. The molecular formula is C19H17NO2. The van der Waals surface area contributed by atoms with Gasteiger partial charge in [-0.2, -0.15) is 0 Å². The number of hydrogen-bond acceptors (Lipinski definition) is 2. The second-order valence-corrected chi connectivity index (χ2v) is 5.51. The number of rotatable bonds is 4. The predicted octanol–water partition coefficient (Wildman–Crippen LogP) is 3.60. The van der Waals surface area contributed by atoms with Gasteiger partial charge in [0, 0.05) is 0 Å². The van der Waals surface area contributed by atoms with Crippen LogP contribution in [-0.2, 0) is 14.9 Å². The lowest BCUT2D eigenvalue weighted by molar-refractivity contribution is -0.145. The van der Waals surface area contributed by atoms with Gasteiger partial charge < -0.3 is 4.74 Å². The van der Waals surface area contributed by atoms with Crippen LogP contribution >= 0.6 is 0 Å². The van der Waals surface area contributed by atoms with E-state index in [-0.39, 0.29) is 6.61 Å². The molecule has 0 N–H and O–H groups in total. The van der Waals surface area contributed by atoms with Crippen LogP contribution in [0.3, 0.4) is 0 Å². The van der Waals surface area contributed by atoms with Gasteiger partial charge in [-0.15, -0.1) is 0 Å². The van der Waals surface area contributed by atoms with Crippen LogP contribution in [0.2, 0.25) is 0 Å². The number of esters is 1. The zero-order valence-corrected chi connectivity index (χ0v) is 12.5. The molecule has 0 spiro atoms. The van der Waals surface area contributed by atoms with Crippen molar-refractivity contribution in [3.63, 3.8) is 0 Å². The molecule has 0 aromatic heterocycles. The van der Waals surface area contributed by atoms with Crippen LogP contribution in [0, 0.1) is 6.57 Å². The number of hydrogen-bond donors (Lipinski definition) is 0. The quantitative estimate of drug-likeness (QED) is 0.636. The van der Waals surface area contributed by atoms with Crippen LogP contribution < -0.4 is 0 Å². The Labute approximate surface area is 130 Å². The van der Waals surface area contributed by atoms with Crippen LogP contribution in [0.1, 0.15) is 24.5 Å². The molecule has 1 fully saturated rings. The maximum atomic E-state index is 12.5. The third-order valence-electron chi connectivity index (χ3n) is 4.44. The minimum absolute atomic E-state index is 0.287. The maximum Gasteiger partial charge on any atom is 0.394 e. The van der Waals surface area contributed by atoms with E-state index in [0.717, 1.165) is 11.1 Å². The minimum atomic E-state index is -1.15. The average molecular weight is 291 g/mol. The maximum absolute atomic E-state index is 12.5. The van der Waals surface area contributed by atoms with Crippen molar-refractivity contribution in [3.05, 3.63) is 83.2 Å². The molecule has 1 saturated carbocycles. The Kier molecular flexibility index (Phi) is 3.46. The van der Waals surface area contributed by atoms with Crippen molar-refractivity contribution in [1.82, 2.24) is 0 Å². The number of carbonyl (C=O) groups excluding carboxylic acids is 1. The highest BCUT2D eigenvalue weighted by Crippen LogP contribution is 2.64. The second-order valence-electron chi connectivity index (χ2n) is 5.51. The molecule has 0 bridgehead atoms. The Balaban J connectivity index is 2.16. The number of nitrogens with zero attached hydrogens (tertiary/aromatic N) is 1. The summed E-state index contributed by atoms with van der Waals surface area (Å²) in [4.78, 5) is 16.2. The summed E-state index contributed by atoms with van der Waals surface area (Å²) in [5.41, 5.74) is 0.227. The Hall–Kier alpha value is -2.60. The van der Waals surface area contributed by atoms with Crippen LogP contribution in [0.15, 0.2) is 60.7 Å². The smallest absolute Gasteiger partial charge is 0.394 e. The molecule has 2 aromatic carbocycles. The fourth-order valence-corrected chi connectivity index (χ4v) is 3.31. The summed E-state index contributed by atoms with van der Waals surface area (Å²) in [5, 5.41) is 0. The average Bonchev–Trinajstić information content (AvgIpc) is 3.29. The van der Waals surface area contributed by atoms with Crippen molar-refractivity contribution in [2.45, 2.75) is 24.3 Å². The van der Waals surface area contributed by atoms with Gasteiger partial charge in [0.2, 0.25) is 0 Å². The number of benzene rings is 2. The van der Waals surface area contributed by atoms with Crippen molar-refractivity contribution in [3.8, 4) is 0 Å². The van der Waals surface area contributed by atoms with Crippen molar-refractivity contribution in [2.24, 2.45) is 0 Å². The highest BCUT2D eigenvalue weighted by molar-refractivity contribution is 5.93. The standard InChI is InChI=1S/C19H17NO2/c1-3-22-17(21)19(20-2)14-18(19,15-10-6-4-7-11-15)16-12-8-5-9-13-16/h4-13H,3,14H2,1H3/t19-/m1/s1. The summed E-state index contributed by atoms with van der Waals surface area (Å²) in [6.45, 7) is 9.71. The van der Waals surface area contributed by atoms with E-state index in [1.165, 1.54) is 0 Å². The van der Waals surface area contributed by atoms with E-state index in [1.807, 2.05) is 60.7 Å². The molecule has 0 heterocycles. The Morgan fingerprint density at radius 1 is 1.09 bits per heavy atom. The van der Waals surface area contributed by atoms with E-state index >= 15 is 0 Å². The van der Waals surface area contributed by atoms with Gasteiger partial charge in [-0.25, -0.2) is 11.4 Å². The summed E-state index contributed by atoms with van der Waals surface area (Å²) >= 11 is 0. The van der Waals surface area contributed by atoms with Crippen LogP contribution in [0.25, 0.3) is 4.85 Å². The third kappa shape index (κ3) is 1.84. The summed E-state index contributed by atoms with van der Waals surface area (Å²) in [7, 11) is 0. The van der Waals surface area contributed by atoms with E-state index in [4.69, 9.17) is 11.3 Å². The topological polar surface area (TPSA) is 30.7 Å². The molecule has 110 valence electrons. The number of ether oxygens (including phenoxy) is 1. The van der Waals surface area contributed by atoms with Gasteiger partial charge in [-0.1, -0.05) is 60.7 Å². The van der Waals surface area contributed by atoms with Crippen LogP contribution in [0.4, 0.5) is 0 Å². The highest BCUT2D eigenvalue weighted by atomic mass is 16.5. The monoisotopic (exact) mass is 291 g/mol. The van der Waals surface area contributed by atoms with Gasteiger partial charge in [-0.3, -0.25) is 4.85 Å². The van der Waals surface area contributed by atoms with E-state index in [0.29, 0.717) is 6.42 Å². The van der Waals surface area contributed by atoms with E-state index < -0.39 is 16.9 Å². The van der Waals surface area contributed by atoms with Gasteiger partial charge >= 0.3 is 11.5 Å². The van der Waals surface area contributed by atoms with E-state index in [9.17, 15) is 4.79 Å². The summed E-state index contributed by atoms with van der Waals surface area (Å²) < 4.78 is 5.21. The summed E-state index contributed by atoms with van der Waals surface area (Å²) in [6, 6.07) is 19.6. The SMILES string of the molecule is [C-]#[N+][C@@]1(C(=O)OCC)CC1(c1ccccc1)c1ccccc1. The molecule has 0 unspecified atom stereocenters. The molecule has 1 aliphatic rings. The number of carbonyl (C=O) groups is 1. The van der Waals surface area contributed by atoms with Gasteiger partial charge in [0.05, 0.1) is 13.0 Å². The van der Waals surface area contributed by atoms with Crippen molar-refractivity contribution in [1.29, 1.82) is 0 Å². The lowest BCUT2D eigenvalue weighted by Crippen LogP contribution is -2.32. The third-order valence-corrected chi connectivity index (χ3v) is 4.44. The minimum Gasteiger partial charge on any atom is -0.460 e. The van der Waals surface area contributed by atoms with Crippen molar-refractivity contribution in [2.75, 3.05) is 6.61 Å². The first-order chi connectivity index (χ1) is 10.7. The summed E-state index contributed by atoms with van der Waals surface area (Å²) in [6.07, 6.45) is 0.469. The largest absolute Gasteiger partial charge is 0.460 e. The zero-order valence-electron chi connectivity index (χ0n) is 12.5. The fraction of sp³-hybridized carbons (Fsp3) is 0.263. The second kappa shape index (κ2) is 5.31. The fourth-order valence-electron chi connectivity index (χ4n) is 3.31.